The number of benzene rings is 2. The molecule has 0 spiro atoms. The molecule has 0 saturated carbocycles. The van der Waals surface area contributed by atoms with Gasteiger partial charge in [-0.1, -0.05) is 15.9 Å². The summed E-state index contributed by atoms with van der Waals surface area (Å²) < 4.78 is 11.3. The van der Waals surface area contributed by atoms with Crippen LogP contribution >= 0.6 is 15.9 Å². The second-order valence-corrected chi connectivity index (χ2v) is 6.54. The number of H-pyrrole nitrogens is 1. The lowest BCUT2D eigenvalue weighted by atomic mass is 10.1. The number of methoxy groups -OCH3 is 2. The molecule has 0 saturated heterocycles. The first-order chi connectivity index (χ1) is 13.0. The topological polar surface area (TPSA) is 87.1 Å². The Hall–Kier alpha value is -3.24. The standard InChI is InChI=1S/C20H16BrN3O3/c1-26-18-6-4-15(9-19(18)27-2)24-20(25)12(10-22)7-13-11-23-17-5-3-14(21)8-16(13)17/h3-9,11,23H,1-2H3,(H,24,25)/b12-7+. The van der Waals surface area contributed by atoms with Crippen molar-refractivity contribution < 1.29 is 14.3 Å². The maximum absolute atomic E-state index is 12.5. The Morgan fingerprint density at radius 3 is 2.67 bits per heavy atom. The Labute approximate surface area is 164 Å². The molecule has 0 aliphatic rings. The fourth-order valence-electron chi connectivity index (χ4n) is 2.65. The molecule has 6 nitrogen and oxygen atoms in total. The monoisotopic (exact) mass is 425 g/mol. The zero-order valence-electron chi connectivity index (χ0n) is 14.7. The van der Waals surface area contributed by atoms with Crippen molar-refractivity contribution >= 4 is 44.5 Å². The first-order valence-corrected chi connectivity index (χ1v) is 8.77. The van der Waals surface area contributed by atoms with Crippen LogP contribution in [0.3, 0.4) is 0 Å². The zero-order valence-corrected chi connectivity index (χ0v) is 16.3. The molecule has 2 aromatic carbocycles. The minimum atomic E-state index is -0.505. The van der Waals surface area contributed by atoms with Gasteiger partial charge in [0.2, 0.25) is 0 Å². The summed E-state index contributed by atoms with van der Waals surface area (Å²) in [6.07, 6.45) is 3.32. The number of nitrogens with zero attached hydrogens (tertiary/aromatic N) is 1. The van der Waals surface area contributed by atoms with E-state index < -0.39 is 5.91 Å². The van der Waals surface area contributed by atoms with Gasteiger partial charge < -0.3 is 19.8 Å². The van der Waals surface area contributed by atoms with E-state index in [4.69, 9.17) is 9.47 Å². The van der Waals surface area contributed by atoms with E-state index in [0.29, 0.717) is 17.2 Å². The molecule has 0 unspecified atom stereocenters. The Kier molecular flexibility index (Phi) is 5.48. The predicted octanol–water partition coefficient (Wildman–Crippen LogP) is 4.49. The predicted molar refractivity (Wildman–Crippen MR) is 108 cm³/mol. The highest BCUT2D eigenvalue weighted by molar-refractivity contribution is 9.10. The fraction of sp³-hybridized carbons (Fsp3) is 0.100. The number of aromatic amines is 1. The van der Waals surface area contributed by atoms with Crippen molar-refractivity contribution in [2.45, 2.75) is 0 Å². The second kappa shape index (κ2) is 7.98. The van der Waals surface area contributed by atoms with Gasteiger partial charge in [-0.05, 0) is 36.4 Å². The molecular formula is C20H16BrN3O3. The maximum atomic E-state index is 12.5. The number of fused-ring (bicyclic) bond motifs is 1. The summed E-state index contributed by atoms with van der Waals surface area (Å²) in [5.74, 6) is 0.532. The van der Waals surface area contributed by atoms with Gasteiger partial charge in [0.1, 0.15) is 11.6 Å². The number of halogens is 1. The van der Waals surface area contributed by atoms with Crippen LogP contribution in [-0.4, -0.2) is 25.1 Å². The van der Waals surface area contributed by atoms with Crippen LogP contribution in [0.15, 0.2) is 52.6 Å². The molecule has 0 atom stereocenters. The van der Waals surface area contributed by atoms with Crippen molar-refractivity contribution in [1.82, 2.24) is 4.98 Å². The largest absolute Gasteiger partial charge is 0.493 e. The highest BCUT2D eigenvalue weighted by Crippen LogP contribution is 2.30. The lowest BCUT2D eigenvalue weighted by Crippen LogP contribution is -2.13. The summed E-state index contributed by atoms with van der Waals surface area (Å²) in [6.45, 7) is 0. The maximum Gasteiger partial charge on any atom is 0.266 e. The summed E-state index contributed by atoms with van der Waals surface area (Å²) in [7, 11) is 3.05. The van der Waals surface area contributed by atoms with E-state index in [0.717, 1.165) is 20.9 Å². The molecule has 1 heterocycles. The fourth-order valence-corrected chi connectivity index (χ4v) is 3.01. The number of carbonyl (C=O) groups excluding carboxylic acids is 1. The molecule has 0 radical (unpaired) electrons. The Balaban J connectivity index is 1.89. The van der Waals surface area contributed by atoms with Crippen LogP contribution < -0.4 is 14.8 Å². The molecule has 3 aromatic rings. The van der Waals surface area contributed by atoms with Crippen molar-refractivity contribution in [3.05, 3.63) is 58.2 Å². The molecule has 27 heavy (non-hydrogen) atoms. The number of amides is 1. The number of hydrogen-bond acceptors (Lipinski definition) is 4. The highest BCUT2D eigenvalue weighted by Gasteiger charge is 2.13. The quantitative estimate of drug-likeness (QED) is 0.465. The molecular weight excluding hydrogens is 410 g/mol. The first kappa shape index (κ1) is 18.5. The smallest absolute Gasteiger partial charge is 0.266 e. The summed E-state index contributed by atoms with van der Waals surface area (Å²) in [5, 5.41) is 13.1. The van der Waals surface area contributed by atoms with Crippen LogP contribution in [0.25, 0.3) is 17.0 Å². The van der Waals surface area contributed by atoms with E-state index in [9.17, 15) is 10.1 Å². The molecule has 3 rings (SSSR count). The zero-order chi connectivity index (χ0) is 19.4. The first-order valence-electron chi connectivity index (χ1n) is 7.97. The molecule has 0 bridgehead atoms. The molecule has 0 fully saturated rings. The summed E-state index contributed by atoms with van der Waals surface area (Å²) in [4.78, 5) is 15.7. The molecule has 0 aliphatic carbocycles. The Morgan fingerprint density at radius 1 is 1.19 bits per heavy atom. The van der Waals surface area contributed by atoms with Crippen molar-refractivity contribution in [2.75, 3.05) is 19.5 Å². The van der Waals surface area contributed by atoms with Crippen molar-refractivity contribution in [2.24, 2.45) is 0 Å². The lowest BCUT2D eigenvalue weighted by molar-refractivity contribution is -0.112. The molecule has 2 N–H and O–H groups in total. The van der Waals surface area contributed by atoms with Gasteiger partial charge in [-0.25, -0.2) is 0 Å². The number of anilines is 1. The highest BCUT2D eigenvalue weighted by atomic mass is 79.9. The van der Waals surface area contributed by atoms with Crippen molar-refractivity contribution in [1.29, 1.82) is 5.26 Å². The van der Waals surface area contributed by atoms with Gasteiger partial charge >= 0.3 is 0 Å². The van der Waals surface area contributed by atoms with E-state index in [1.807, 2.05) is 24.3 Å². The van der Waals surface area contributed by atoms with Crippen LogP contribution in [-0.2, 0) is 4.79 Å². The SMILES string of the molecule is COc1ccc(NC(=O)/C(C#N)=C/c2c[nH]c3ccc(Br)cc23)cc1OC. The van der Waals surface area contributed by atoms with Crippen LogP contribution in [0.5, 0.6) is 11.5 Å². The molecule has 1 amide bonds. The van der Waals surface area contributed by atoms with Crippen LogP contribution in [0.4, 0.5) is 5.69 Å². The van der Waals surface area contributed by atoms with Crippen LogP contribution in [0.1, 0.15) is 5.56 Å². The van der Waals surface area contributed by atoms with Crippen LogP contribution in [0.2, 0.25) is 0 Å². The number of hydrogen-bond donors (Lipinski definition) is 2. The number of rotatable bonds is 5. The van der Waals surface area contributed by atoms with Gasteiger partial charge in [-0.3, -0.25) is 4.79 Å². The molecule has 0 aliphatic heterocycles. The number of ether oxygens (including phenoxy) is 2. The van der Waals surface area contributed by atoms with E-state index in [1.54, 1.807) is 30.5 Å². The molecule has 7 heteroatoms. The average Bonchev–Trinajstić information content (AvgIpc) is 3.07. The minimum Gasteiger partial charge on any atom is -0.493 e. The van der Waals surface area contributed by atoms with Gasteiger partial charge in [0, 0.05) is 38.9 Å². The van der Waals surface area contributed by atoms with Gasteiger partial charge in [0.05, 0.1) is 14.2 Å². The van der Waals surface area contributed by atoms with E-state index in [1.165, 1.54) is 14.2 Å². The molecule has 136 valence electrons. The average molecular weight is 426 g/mol. The van der Waals surface area contributed by atoms with Gasteiger partial charge in [-0.2, -0.15) is 5.26 Å². The van der Waals surface area contributed by atoms with Gasteiger partial charge in [0.25, 0.3) is 5.91 Å². The Bertz CT molecular complexity index is 1080. The summed E-state index contributed by atoms with van der Waals surface area (Å²) in [6, 6.07) is 12.7. The van der Waals surface area contributed by atoms with Crippen LogP contribution in [0, 0.1) is 11.3 Å². The lowest BCUT2D eigenvalue weighted by Gasteiger charge is -2.10. The van der Waals surface area contributed by atoms with Gasteiger partial charge in [0.15, 0.2) is 11.5 Å². The third kappa shape index (κ3) is 3.96. The third-order valence-electron chi connectivity index (χ3n) is 3.98. The number of carbonyl (C=O) groups is 1. The van der Waals surface area contributed by atoms with Crippen molar-refractivity contribution in [3.63, 3.8) is 0 Å². The van der Waals surface area contributed by atoms with Crippen molar-refractivity contribution in [3.8, 4) is 17.6 Å². The number of aromatic nitrogens is 1. The summed E-state index contributed by atoms with van der Waals surface area (Å²) >= 11 is 3.43. The second-order valence-electron chi connectivity index (χ2n) is 5.63. The third-order valence-corrected chi connectivity index (χ3v) is 4.48. The Morgan fingerprint density at radius 2 is 1.96 bits per heavy atom. The normalized spacial score (nSPS) is 11.1. The van der Waals surface area contributed by atoms with E-state index >= 15 is 0 Å². The number of nitrogens with one attached hydrogen (secondary N) is 2. The number of nitriles is 1. The summed E-state index contributed by atoms with van der Waals surface area (Å²) in [5.41, 5.74) is 2.17. The van der Waals surface area contributed by atoms with E-state index in [2.05, 4.69) is 26.2 Å². The van der Waals surface area contributed by atoms with E-state index in [-0.39, 0.29) is 5.57 Å². The minimum absolute atomic E-state index is 0.00865. The van der Waals surface area contributed by atoms with Gasteiger partial charge in [-0.15, -0.1) is 0 Å². The molecule has 1 aromatic heterocycles.